The molecule has 0 spiro atoms. The van der Waals surface area contributed by atoms with Crippen molar-refractivity contribution in [2.75, 3.05) is 26.2 Å². The number of sulfonamides is 1. The summed E-state index contributed by atoms with van der Waals surface area (Å²) in [6.07, 6.45) is 0.0881. The maximum absolute atomic E-state index is 12.1. The molecule has 0 aliphatic carbocycles. The van der Waals surface area contributed by atoms with Gasteiger partial charge in [-0.05, 0) is 38.2 Å². The monoisotopic (exact) mass is 375 g/mol. The van der Waals surface area contributed by atoms with Crippen LogP contribution in [-0.4, -0.2) is 51.4 Å². The maximum atomic E-state index is 12.1. The molecule has 6 nitrogen and oxygen atoms in total. The largest absolute Gasteiger partial charge is 0.355 e. The molecule has 24 heavy (non-hydrogen) atoms. The fourth-order valence-corrected chi connectivity index (χ4v) is 3.67. The molecule has 0 saturated carbocycles. The standard InChI is InChI=1S/C16H26ClN3O3S/c1-4-20(5-2)13(3)12-18-16(21)9-10-19-24(22,23)15-8-6-7-14(17)11-15/h6-8,11,13,19H,4-5,9-10,12H2,1-3H3,(H,18,21). The normalized spacial score (nSPS) is 13.0. The van der Waals surface area contributed by atoms with E-state index in [4.69, 9.17) is 11.6 Å². The highest BCUT2D eigenvalue weighted by Gasteiger charge is 2.15. The lowest BCUT2D eigenvalue weighted by Crippen LogP contribution is -2.42. The number of benzene rings is 1. The molecule has 0 saturated heterocycles. The molecule has 0 fully saturated rings. The van der Waals surface area contributed by atoms with E-state index in [2.05, 4.69) is 35.7 Å². The number of rotatable bonds is 10. The van der Waals surface area contributed by atoms with Crippen molar-refractivity contribution in [2.45, 2.75) is 38.1 Å². The quantitative estimate of drug-likeness (QED) is 0.654. The second-order valence-electron chi connectivity index (χ2n) is 5.48. The molecular weight excluding hydrogens is 350 g/mol. The Morgan fingerprint density at radius 3 is 2.54 bits per heavy atom. The Morgan fingerprint density at radius 2 is 1.96 bits per heavy atom. The summed E-state index contributed by atoms with van der Waals surface area (Å²) < 4.78 is 26.6. The molecule has 0 aliphatic heterocycles. The lowest BCUT2D eigenvalue weighted by atomic mass is 10.2. The van der Waals surface area contributed by atoms with Crippen LogP contribution in [0.3, 0.4) is 0 Å². The van der Waals surface area contributed by atoms with E-state index in [1.165, 1.54) is 12.1 Å². The first-order valence-electron chi connectivity index (χ1n) is 8.06. The minimum atomic E-state index is -3.65. The van der Waals surface area contributed by atoms with Crippen molar-refractivity contribution in [3.8, 4) is 0 Å². The molecule has 1 amide bonds. The van der Waals surface area contributed by atoms with E-state index in [1.807, 2.05) is 0 Å². The van der Waals surface area contributed by atoms with Crippen molar-refractivity contribution in [3.63, 3.8) is 0 Å². The molecule has 0 bridgehead atoms. The van der Waals surface area contributed by atoms with Crippen molar-refractivity contribution < 1.29 is 13.2 Å². The molecule has 0 heterocycles. The number of amides is 1. The Kier molecular flexibility index (Phi) is 8.69. The molecule has 0 radical (unpaired) electrons. The molecule has 2 N–H and O–H groups in total. The van der Waals surface area contributed by atoms with E-state index in [0.717, 1.165) is 13.1 Å². The van der Waals surface area contributed by atoms with Crippen LogP contribution in [0.25, 0.3) is 0 Å². The third-order valence-electron chi connectivity index (χ3n) is 3.78. The Hall–Kier alpha value is -1.15. The number of nitrogens with one attached hydrogen (secondary N) is 2. The highest BCUT2D eigenvalue weighted by atomic mass is 35.5. The van der Waals surface area contributed by atoms with E-state index < -0.39 is 10.0 Å². The third kappa shape index (κ3) is 6.76. The summed E-state index contributed by atoms with van der Waals surface area (Å²) in [7, 11) is -3.65. The minimum absolute atomic E-state index is 0.0420. The summed E-state index contributed by atoms with van der Waals surface area (Å²) in [5.74, 6) is -0.178. The number of hydrogen-bond donors (Lipinski definition) is 2. The predicted octanol–water partition coefficient (Wildman–Crippen LogP) is 1.85. The highest BCUT2D eigenvalue weighted by Crippen LogP contribution is 2.14. The molecule has 1 unspecified atom stereocenters. The number of halogens is 1. The first kappa shape index (κ1) is 20.9. The van der Waals surface area contributed by atoms with Gasteiger partial charge in [-0.3, -0.25) is 9.69 Å². The van der Waals surface area contributed by atoms with Crippen LogP contribution in [0.1, 0.15) is 27.2 Å². The summed E-state index contributed by atoms with van der Waals surface area (Å²) in [5.41, 5.74) is 0. The third-order valence-corrected chi connectivity index (χ3v) is 5.47. The van der Waals surface area contributed by atoms with Crippen LogP contribution in [0.5, 0.6) is 0 Å². The summed E-state index contributed by atoms with van der Waals surface area (Å²) in [4.78, 5) is 14.2. The first-order valence-corrected chi connectivity index (χ1v) is 9.92. The van der Waals surface area contributed by atoms with Crippen molar-refractivity contribution in [1.29, 1.82) is 0 Å². The Bertz CT molecular complexity index is 633. The average Bonchev–Trinajstić information content (AvgIpc) is 2.54. The van der Waals surface area contributed by atoms with E-state index in [0.29, 0.717) is 11.6 Å². The Balaban J connectivity index is 2.40. The van der Waals surface area contributed by atoms with Crippen LogP contribution in [-0.2, 0) is 14.8 Å². The van der Waals surface area contributed by atoms with Gasteiger partial charge in [0.25, 0.3) is 0 Å². The molecule has 8 heteroatoms. The van der Waals surface area contributed by atoms with Crippen LogP contribution >= 0.6 is 11.6 Å². The van der Waals surface area contributed by atoms with Gasteiger partial charge in [-0.15, -0.1) is 0 Å². The molecule has 0 aliphatic rings. The van der Waals surface area contributed by atoms with E-state index in [-0.39, 0.29) is 29.8 Å². The lowest BCUT2D eigenvalue weighted by Gasteiger charge is -2.26. The van der Waals surface area contributed by atoms with Crippen LogP contribution in [0.4, 0.5) is 0 Å². The van der Waals surface area contributed by atoms with Crippen molar-refractivity contribution >= 4 is 27.5 Å². The molecular formula is C16H26ClN3O3S. The predicted molar refractivity (Wildman–Crippen MR) is 96.7 cm³/mol. The van der Waals surface area contributed by atoms with Gasteiger partial charge < -0.3 is 5.32 Å². The topological polar surface area (TPSA) is 78.5 Å². The number of carbonyl (C=O) groups excluding carboxylic acids is 1. The first-order chi connectivity index (χ1) is 11.3. The van der Waals surface area contributed by atoms with Crippen molar-refractivity contribution in [2.24, 2.45) is 0 Å². The number of hydrogen-bond acceptors (Lipinski definition) is 4. The van der Waals surface area contributed by atoms with E-state index in [9.17, 15) is 13.2 Å². The molecule has 136 valence electrons. The van der Waals surface area contributed by atoms with Crippen molar-refractivity contribution in [1.82, 2.24) is 14.9 Å². The average molecular weight is 376 g/mol. The molecule has 1 aromatic carbocycles. The van der Waals surface area contributed by atoms with Gasteiger partial charge in [0.2, 0.25) is 15.9 Å². The van der Waals surface area contributed by atoms with Crippen molar-refractivity contribution in [3.05, 3.63) is 29.3 Å². The Labute approximate surface area is 149 Å². The van der Waals surface area contributed by atoms with Crippen LogP contribution < -0.4 is 10.0 Å². The highest BCUT2D eigenvalue weighted by molar-refractivity contribution is 7.89. The zero-order valence-electron chi connectivity index (χ0n) is 14.4. The van der Waals surface area contributed by atoms with Gasteiger partial charge in [0.05, 0.1) is 4.90 Å². The SMILES string of the molecule is CCN(CC)C(C)CNC(=O)CCNS(=O)(=O)c1cccc(Cl)c1. The van der Waals surface area contributed by atoms with Crippen LogP contribution in [0.15, 0.2) is 29.2 Å². The number of nitrogens with zero attached hydrogens (tertiary/aromatic N) is 1. The van der Waals surface area contributed by atoms with E-state index >= 15 is 0 Å². The number of likely N-dealkylation sites (N-methyl/N-ethyl adjacent to an activating group) is 1. The zero-order valence-corrected chi connectivity index (χ0v) is 16.0. The maximum Gasteiger partial charge on any atom is 0.240 e. The zero-order chi connectivity index (χ0) is 18.2. The lowest BCUT2D eigenvalue weighted by molar-refractivity contribution is -0.121. The summed E-state index contributed by atoms with van der Waals surface area (Å²) in [6.45, 7) is 8.63. The molecule has 0 aromatic heterocycles. The second-order valence-corrected chi connectivity index (χ2v) is 7.68. The fraction of sp³-hybridized carbons (Fsp3) is 0.562. The smallest absolute Gasteiger partial charge is 0.240 e. The van der Waals surface area contributed by atoms with Crippen LogP contribution in [0.2, 0.25) is 5.02 Å². The van der Waals surface area contributed by atoms with Gasteiger partial charge in [0.15, 0.2) is 0 Å². The second kappa shape index (κ2) is 9.98. The number of carbonyl (C=O) groups is 1. The fourth-order valence-electron chi connectivity index (χ4n) is 2.34. The molecule has 1 rings (SSSR count). The van der Waals surface area contributed by atoms with Crippen LogP contribution in [0, 0.1) is 0 Å². The van der Waals surface area contributed by atoms with Gasteiger partial charge in [-0.2, -0.15) is 0 Å². The minimum Gasteiger partial charge on any atom is -0.355 e. The van der Waals surface area contributed by atoms with Gasteiger partial charge in [0.1, 0.15) is 0 Å². The van der Waals surface area contributed by atoms with E-state index in [1.54, 1.807) is 12.1 Å². The molecule has 1 atom stereocenters. The molecule has 1 aromatic rings. The summed E-state index contributed by atoms with van der Waals surface area (Å²) in [6, 6.07) is 6.24. The van der Waals surface area contributed by atoms with Gasteiger partial charge in [-0.1, -0.05) is 31.5 Å². The summed E-state index contributed by atoms with van der Waals surface area (Å²) in [5, 5.41) is 3.18. The van der Waals surface area contributed by atoms with Gasteiger partial charge in [-0.25, -0.2) is 13.1 Å². The van der Waals surface area contributed by atoms with Gasteiger partial charge >= 0.3 is 0 Å². The van der Waals surface area contributed by atoms with Gasteiger partial charge in [0, 0.05) is 30.6 Å². The Morgan fingerprint density at radius 1 is 1.29 bits per heavy atom. The summed E-state index contributed by atoms with van der Waals surface area (Å²) >= 11 is 5.80.